The van der Waals surface area contributed by atoms with Crippen LogP contribution in [0.15, 0.2) is 42.6 Å². The standard InChI is InChI=1S/C16H20N2O/c1-3-13(4-2)12-16(19)15-10-11-18(17-15)14-8-6-5-7-9-14/h5-11,13H,3-4,12H2,1-2H3. The average molecular weight is 256 g/mol. The normalized spacial score (nSPS) is 10.9. The van der Waals surface area contributed by atoms with Gasteiger partial charge in [0.2, 0.25) is 0 Å². The first-order valence-corrected chi connectivity index (χ1v) is 6.88. The molecule has 0 aliphatic carbocycles. The lowest BCUT2D eigenvalue weighted by Crippen LogP contribution is -2.08. The zero-order chi connectivity index (χ0) is 13.7. The van der Waals surface area contributed by atoms with Crippen LogP contribution in [0, 0.1) is 5.92 Å². The molecule has 0 saturated heterocycles. The van der Waals surface area contributed by atoms with E-state index in [0.29, 0.717) is 18.0 Å². The Kier molecular flexibility index (Phi) is 4.50. The van der Waals surface area contributed by atoms with Gasteiger partial charge < -0.3 is 0 Å². The third-order valence-electron chi connectivity index (χ3n) is 3.52. The fourth-order valence-corrected chi connectivity index (χ4v) is 2.14. The van der Waals surface area contributed by atoms with Gasteiger partial charge in [0.25, 0.3) is 0 Å². The summed E-state index contributed by atoms with van der Waals surface area (Å²) >= 11 is 0. The van der Waals surface area contributed by atoms with Gasteiger partial charge in [0, 0.05) is 12.6 Å². The third kappa shape index (κ3) is 3.31. The Labute approximate surface area is 114 Å². The van der Waals surface area contributed by atoms with Gasteiger partial charge in [-0.3, -0.25) is 4.79 Å². The summed E-state index contributed by atoms with van der Waals surface area (Å²) in [5.41, 5.74) is 1.54. The predicted octanol–water partition coefficient (Wildman–Crippen LogP) is 3.88. The monoisotopic (exact) mass is 256 g/mol. The van der Waals surface area contributed by atoms with Gasteiger partial charge in [-0.1, -0.05) is 44.9 Å². The predicted molar refractivity (Wildman–Crippen MR) is 76.6 cm³/mol. The number of ketones is 1. The number of hydrogen-bond donors (Lipinski definition) is 0. The summed E-state index contributed by atoms with van der Waals surface area (Å²) in [4.78, 5) is 12.1. The minimum Gasteiger partial charge on any atom is -0.292 e. The molecule has 1 aromatic carbocycles. The van der Waals surface area contributed by atoms with Gasteiger partial charge in [0.05, 0.1) is 5.69 Å². The van der Waals surface area contributed by atoms with E-state index in [0.717, 1.165) is 18.5 Å². The maximum atomic E-state index is 12.1. The Morgan fingerprint density at radius 2 is 1.84 bits per heavy atom. The van der Waals surface area contributed by atoms with Gasteiger partial charge in [-0.25, -0.2) is 4.68 Å². The van der Waals surface area contributed by atoms with Crippen LogP contribution < -0.4 is 0 Å². The van der Waals surface area contributed by atoms with Crippen LogP contribution in [0.1, 0.15) is 43.6 Å². The Balaban J connectivity index is 2.11. The first-order valence-electron chi connectivity index (χ1n) is 6.88. The second-order valence-electron chi connectivity index (χ2n) is 4.79. The molecule has 1 aromatic heterocycles. The lowest BCUT2D eigenvalue weighted by atomic mass is 9.96. The number of carbonyl (C=O) groups excluding carboxylic acids is 1. The Morgan fingerprint density at radius 1 is 1.16 bits per heavy atom. The van der Waals surface area contributed by atoms with Gasteiger partial charge in [-0.05, 0) is 24.1 Å². The number of Topliss-reactive ketones (excluding diaryl/α,β-unsaturated/α-hetero) is 1. The zero-order valence-electron chi connectivity index (χ0n) is 11.5. The Hall–Kier alpha value is -1.90. The SMILES string of the molecule is CCC(CC)CC(=O)c1ccn(-c2ccccc2)n1. The molecule has 0 atom stereocenters. The molecule has 0 fully saturated rings. The molecule has 0 spiro atoms. The van der Waals surface area contributed by atoms with E-state index in [1.165, 1.54) is 0 Å². The van der Waals surface area contributed by atoms with Gasteiger partial charge in [-0.15, -0.1) is 0 Å². The smallest absolute Gasteiger partial charge is 0.183 e. The number of hydrogen-bond acceptors (Lipinski definition) is 2. The van der Waals surface area contributed by atoms with Gasteiger partial charge >= 0.3 is 0 Å². The van der Waals surface area contributed by atoms with Crippen LogP contribution in [0.4, 0.5) is 0 Å². The molecule has 0 unspecified atom stereocenters. The molecule has 0 aliphatic heterocycles. The van der Waals surface area contributed by atoms with Gasteiger partial charge in [0.15, 0.2) is 5.78 Å². The molecule has 3 heteroatoms. The minimum absolute atomic E-state index is 0.142. The molecule has 0 radical (unpaired) electrons. The molecule has 3 nitrogen and oxygen atoms in total. The lowest BCUT2D eigenvalue weighted by Gasteiger charge is -2.09. The highest BCUT2D eigenvalue weighted by molar-refractivity contribution is 5.94. The topological polar surface area (TPSA) is 34.9 Å². The van der Waals surface area contributed by atoms with E-state index in [-0.39, 0.29) is 5.78 Å². The quantitative estimate of drug-likeness (QED) is 0.735. The molecule has 2 rings (SSSR count). The van der Waals surface area contributed by atoms with Crippen LogP contribution in [0.3, 0.4) is 0 Å². The van der Waals surface area contributed by atoms with Crippen molar-refractivity contribution in [1.82, 2.24) is 9.78 Å². The van der Waals surface area contributed by atoms with Crippen molar-refractivity contribution in [2.75, 3.05) is 0 Å². The van der Waals surface area contributed by atoms with E-state index in [4.69, 9.17) is 0 Å². The third-order valence-corrected chi connectivity index (χ3v) is 3.52. The average Bonchev–Trinajstić information content (AvgIpc) is 2.95. The highest BCUT2D eigenvalue weighted by Gasteiger charge is 2.14. The fraction of sp³-hybridized carbons (Fsp3) is 0.375. The maximum absolute atomic E-state index is 12.1. The summed E-state index contributed by atoms with van der Waals surface area (Å²) in [6, 6.07) is 11.6. The summed E-state index contributed by atoms with van der Waals surface area (Å²) < 4.78 is 1.75. The van der Waals surface area contributed by atoms with Crippen molar-refractivity contribution in [3.05, 3.63) is 48.3 Å². The molecular formula is C16H20N2O. The van der Waals surface area contributed by atoms with Crippen molar-refractivity contribution in [3.8, 4) is 5.69 Å². The van der Waals surface area contributed by atoms with E-state index in [1.807, 2.05) is 36.5 Å². The van der Waals surface area contributed by atoms with E-state index in [2.05, 4.69) is 18.9 Å². The largest absolute Gasteiger partial charge is 0.292 e. The first kappa shape index (κ1) is 13.5. The number of benzene rings is 1. The molecule has 1 heterocycles. The Bertz CT molecular complexity index is 527. The number of nitrogens with zero attached hydrogens (tertiary/aromatic N) is 2. The van der Waals surface area contributed by atoms with Crippen molar-refractivity contribution in [2.45, 2.75) is 33.1 Å². The van der Waals surface area contributed by atoms with Crippen LogP contribution in [-0.2, 0) is 0 Å². The number of rotatable bonds is 6. The summed E-state index contributed by atoms with van der Waals surface area (Å²) in [5, 5.41) is 4.37. The second kappa shape index (κ2) is 6.32. The summed E-state index contributed by atoms with van der Waals surface area (Å²) in [7, 11) is 0. The van der Waals surface area contributed by atoms with Crippen LogP contribution in [0.2, 0.25) is 0 Å². The van der Waals surface area contributed by atoms with Crippen molar-refractivity contribution in [3.63, 3.8) is 0 Å². The molecule has 0 amide bonds. The van der Waals surface area contributed by atoms with Crippen LogP contribution >= 0.6 is 0 Å². The first-order chi connectivity index (χ1) is 9.24. The van der Waals surface area contributed by atoms with Crippen LogP contribution in [0.25, 0.3) is 5.69 Å². The fourth-order valence-electron chi connectivity index (χ4n) is 2.14. The lowest BCUT2D eigenvalue weighted by molar-refractivity contribution is 0.0953. The van der Waals surface area contributed by atoms with E-state index in [1.54, 1.807) is 10.7 Å². The molecule has 19 heavy (non-hydrogen) atoms. The zero-order valence-corrected chi connectivity index (χ0v) is 11.5. The van der Waals surface area contributed by atoms with Crippen molar-refractivity contribution >= 4 is 5.78 Å². The highest BCUT2D eigenvalue weighted by Crippen LogP contribution is 2.16. The van der Waals surface area contributed by atoms with Crippen molar-refractivity contribution < 1.29 is 4.79 Å². The van der Waals surface area contributed by atoms with Gasteiger partial charge in [-0.2, -0.15) is 5.10 Å². The number of aromatic nitrogens is 2. The number of para-hydroxylation sites is 1. The molecule has 0 N–H and O–H groups in total. The minimum atomic E-state index is 0.142. The van der Waals surface area contributed by atoms with Crippen molar-refractivity contribution in [2.24, 2.45) is 5.92 Å². The Morgan fingerprint density at radius 3 is 2.47 bits per heavy atom. The molecule has 0 saturated carbocycles. The summed E-state index contributed by atoms with van der Waals surface area (Å²) in [6.07, 6.45) is 4.53. The number of carbonyl (C=O) groups is 1. The van der Waals surface area contributed by atoms with E-state index < -0.39 is 0 Å². The van der Waals surface area contributed by atoms with E-state index >= 15 is 0 Å². The highest BCUT2D eigenvalue weighted by atomic mass is 16.1. The second-order valence-corrected chi connectivity index (χ2v) is 4.79. The summed E-state index contributed by atoms with van der Waals surface area (Å²) in [5.74, 6) is 0.609. The van der Waals surface area contributed by atoms with Crippen LogP contribution in [-0.4, -0.2) is 15.6 Å². The van der Waals surface area contributed by atoms with Gasteiger partial charge in [0.1, 0.15) is 5.69 Å². The maximum Gasteiger partial charge on any atom is 0.183 e. The molecular weight excluding hydrogens is 236 g/mol. The molecule has 0 bridgehead atoms. The van der Waals surface area contributed by atoms with E-state index in [9.17, 15) is 4.79 Å². The van der Waals surface area contributed by atoms with Crippen molar-refractivity contribution in [1.29, 1.82) is 0 Å². The summed E-state index contributed by atoms with van der Waals surface area (Å²) in [6.45, 7) is 4.26. The molecule has 2 aromatic rings. The molecule has 0 aliphatic rings. The van der Waals surface area contributed by atoms with Crippen LogP contribution in [0.5, 0.6) is 0 Å². The molecule has 100 valence electrons.